The van der Waals surface area contributed by atoms with Crippen LogP contribution in [0.25, 0.3) is 0 Å². The molecule has 0 aromatic heterocycles. The van der Waals surface area contributed by atoms with Crippen molar-refractivity contribution in [3.63, 3.8) is 0 Å². The molecule has 0 aliphatic heterocycles. The molecule has 2 nitrogen and oxygen atoms in total. The molecule has 0 spiro atoms. The molecule has 1 rings (SSSR count). The van der Waals surface area contributed by atoms with Gasteiger partial charge in [-0.25, -0.2) is 0 Å². The van der Waals surface area contributed by atoms with Crippen molar-refractivity contribution in [3.8, 4) is 0 Å². The standard InChI is InChI=1S/C9H18.H4N2/c1-8-5-4-6-9(2,3)7-8;1-2/h8H,4-7H2,1-3H3;1-2H2. The Morgan fingerprint density at radius 2 is 1.82 bits per heavy atom. The first-order valence-corrected chi connectivity index (χ1v) is 4.43. The van der Waals surface area contributed by atoms with E-state index in [1.54, 1.807) is 0 Å². The van der Waals surface area contributed by atoms with E-state index in [9.17, 15) is 0 Å². The molecular weight excluding hydrogens is 136 g/mol. The predicted octanol–water partition coefficient (Wildman–Crippen LogP) is 2.04. The van der Waals surface area contributed by atoms with E-state index in [1.165, 1.54) is 25.7 Å². The van der Waals surface area contributed by atoms with Crippen LogP contribution in [0.15, 0.2) is 0 Å². The van der Waals surface area contributed by atoms with E-state index in [0.29, 0.717) is 5.41 Å². The number of hydrogen-bond donors (Lipinski definition) is 2. The second-order valence-corrected chi connectivity index (χ2v) is 4.37. The second kappa shape index (κ2) is 4.73. The van der Waals surface area contributed by atoms with Gasteiger partial charge in [-0.15, -0.1) is 0 Å². The van der Waals surface area contributed by atoms with Crippen LogP contribution in [0.2, 0.25) is 0 Å². The summed E-state index contributed by atoms with van der Waals surface area (Å²) in [6, 6.07) is 0. The van der Waals surface area contributed by atoms with Gasteiger partial charge >= 0.3 is 0 Å². The molecule has 0 amide bonds. The van der Waals surface area contributed by atoms with Crippen LogP contribution in [0.3, 0.4) is 0 Å². The predicted molar refractivity (Wildman–Crippen MR) is 49.8 cm³/mol. The molecule has 11 heavy (non-hydrogen) atoms. The van der Waals surface area contributed by atoms with E-state index in [-0.39, 0.29) is 0 Å². The molecule has 1 aliphatic rings. The molecule has 0 aromatic carbocycles. The Bertz CT molecular complexity index is 99.7. The molecule has 68 valence electrons. The molecule has 1 saturated carbocycles. The zero-order valence-corrected chi connectivity index (χ0v) is 8.06. The van der Waals surface area contributed by atoms with Crippen molar-refractivity contribution < 1.29 is 0 Å². The van der Waals surface area contributed by atoms with Gasteiger partial charge in [0.2, 0.25) is 0 Å². The third-order valence-electron chi connectivity index (χ3n) is 2.45. The normalized spacial score (nSPS) is 28.6. The molecule has 2 heteroatoms. The average Bonchev–Trinajstić information content (AvgIpc) is 1.89. The maximum absolute atomic E-state index is 4.00. The second-order valence-electron chi connectivity index (χ2n) is 4.37. The SMILES string of the molecule is CC1CCCC(C)(C)C1.NN. The molecule has 0 heterocycles. The summed E-state index contributed by atoms with van der Waals surface area (Å²) in [7, 11) is 0. The summed E-state index contributed by atoms with van der Waals surface area (Å²) in [4.78, 5) is 0. The fraction of sp³-hybridized carbons (Fsp3) is 1.00. The monoisotopic (exact) mass is 158 g/mol. The highest BCUT2D eigenvalue weighted by molar-refractivity contribution is 4.76. The first-order chi connectivity index (χ1) is 5.10. The highest BCUT2D eigenvalue weighted by Gasteiger charge is 2.24. The Kier molecular flexibility index (Phi) is 4.69. The number of nitrogens with two attached hydrogens (primary N) is 2. The van der Waals surface area contributed by atoms with Gasteiger partial charge in [0.25, 0.3) is 0 Å². The van der Waals surface area contributed by atoms with E-state index in [0.717, 1.165) is 5.92 Å². The largest absolute Gasteiger partial charge is 0.274 e. The fourth-order valence-electron chi connectivity index (χ4n) is 2.08. The Labute approximate surface area is 70.3 Å². The first kappa shape index (κ1) is 10.9. The van der Waals surface area contributed by atoms with Gasteiger partial charge in [-0.3, -0.25) is 11.7 Å². The van der Waals surface area contributed by atoms with Crippen LogP contribution in [0.4, 0.5) is 0 Å². The molecular formula is C9H22N2. The van der Waals surface area contributed by atoms with E-state index in [2.05, 4.69) is 32.5 Å². The van der Waals surface area contributed by atoms with Gasteiger partial charge in [-0.05, 0) is 24.2 Å². The summed E-state index contributed by atoms with van der Waals surface area (Å²) in [5, 5.41) is 0. The van der Waals surface area contributed by atoms with E-state index in [4.69, 9.17) is 0 Å². The molecule has 0 radical (unpaired) electrons. The lowest BCUT2D eigenvalue weighted by Gasteiger charge is -2.33. The minimum absolute atomic E-state index is 0.650. The Morgan fingerprint density at radius 3 is 2.09 bits per heavy atom. The molecule has 1 fully saturated rings. The topological polar surface area (TPSA) is 52.0 Å². The highest BCUT2D eigenvalue weighted by atomic mass is 15.0. The summed E-state index contributed by atoms with van der Waals surface area (Å²) < 4.78 is 0. The summed E-state index contributed by atoms with van der Waals surface area (Å²) in [6.07, 6.45) is 5.79. The van der Waals surface area contributed by atoms with E-state index >= 15 is 0 Å². The van der Waals surface area contributed by atoms with Gasteiger partial charge in [0.15, 0.2) is 0 Å². The highest BCUT2D eigenvalue weighted by Crippen LogP contribution is 2.37. The Morgan fingerprint density at radius 1 is 1.27 bits per heavy atom. The van der Waals surface area contributed by atoms with Crippen molar-refractivity contribution in [2.24, 2.45) is 23.0 Å². The van der Waals surface area contributed by atoms with Crippen molar-refractivity contribution in [3.05, 3.63) is 0 Å². The molecule has 1 atom stereocenters. The minimum atomic E-state index is 0.650. The lowest BCUT2D eigenvalue weighted by atomic mass is 9.73. The van der Waals surface area contributed by atoms with Gasteiger partial charge in [-0.2, -0.15) is 0 Å². The summed E-state index contributed by atoms with van der Waals surface area (Å²) in [6.45, 7) is 7.16. The first-order valence-electron chi connectivity index (χ1n) is 4.43. The number of rotatable bonds is 0. The van der Waals surface area contributed by atoms with Crippen LogP contribution in [-0.4, -0.2) is 0 Å². The van der Waals surface area contributed by atoms with Crippen LogP contribution in [0, 0.1) is 11.3 Å². The van der Waals surface area contributed by atoms with Gasteiger partial charge in [0.05, 0.1) is 0 Å². The van der Waals surface area contributed by atoms with Crippen molar-refractivity contribution >= 4 is 0 Å². The van der Waals surface area contributed by atoms with Crippen molar-refractivity contribution in [1.82, 2.24) is 0 Å². The van der Waals surface area contributed by atoms with Crippen LogP contribution in [-0.2, 0) is 0 Å². The lowest BCUT2D eigenvalue weighted by molar-refractivity contribution is 0.191. The lowest BCUT2D eigenvalue weighted by Crippen LogP contribution is -2.20. The van der Waals surface area contributed by atoms with Crippen LogP contribution in [0.5, 0.6) is 0 Å². The van der Waals surface area contributed by atoms with E-state index in [1.807, 2.05) is 0 Å². The third-order valence-corrected chi connectivity index (χ3v) is 2.45. The zero-order valence-electron chi connectivity index (χ0n) is 8.06. The fourth-order valence-corrected chi connectivity index (χ4v) is 2.08. The maximum atomic E-state index is 4.00. The minimum Gasteiger partial charge on any atom is -0.274 e. The summed E-state index contributed by atoms with van der Waals surface area (Å²) >= 11 is 0. The Balaban J connectivity index is 0.000000461. The van der Waals surface area contributed by atoms with Gasteiger partial charge in [0.1, 0.15) is 0 Å². The van der Waals surface area contributed by atoms with Crippen molar-refractivity contribution in [1.29, 1.82) is 0 Å². The van der Waals surface area contributed by atoms with Gasteiger partial charge in [0, 0.05) is 0 Å². The van der Waals surface area contributed by atoms with E-state index < -0.39 is 0 Å². The smallest absolute Gasteiger partial charge is 0.0352 e. The Hall–Kier alpha value is -0.0800. The van der Waals surface area contributed by atoms with Crippen molar-refractivity contribution in [2.75, 3.05) is 0 Å². The molecule has 1 unspecified atom stereocenters. The molecule has 0 saturated heterocycles. The maximum Gasteiger partial charge on any atom is -0.0352 e. The number of hydrazine groups is 1. The number of hydrogen-bond acceptors (Lipinski definition) is 2. The van der Waals surface area contributed by atoms with Gasteiger partial charge in [-0.1, -0.05) is 33.6 Å². The summed E-state index contributed by atoms with van der Waals surface area (Å²) in [5.41, 5.74) is 0.650. The zero-order chi connectivity index (χ0) is 8.91. The molecule has 0 aromatic rings. The molecule has 1 aliphatic carbocycles. The molecule has 0 bridgehead atoms. The van der Waals surface area contributed by atoms with Crippen LogP contribution in [0.1, 0.15) is 46.5 Å². The van der Waals surface area contributed by atoms with Gasteiger partial charge < -0.3 is 0 Å². The van der Waals surface area contributed by atoms with Crippen LogP contribution >= 0.6 is 0 Å². The van der Waals surface area contributed by atoms with Crippen LogP contribution < -0.4 is 11.7 Å². The van der Waals surface area contributed by atoms with Crippen molar-refractivity contribution in [2.45, 2.75) is 46.5 Å². The average molecular weight is 158 g/mol. The summed E-state index contributed by atoms with van der Waals surface area (Å²) in [5.74, 6) is 8.98. The molecule has 4 N–H and O–H groups in total. The quantitative estimate of drug-likeness (QED) is 0.419. The third kappa shape index (κ3) is 4.38.